The van der Waals surface area contributed by atoms with E-state index >= 15 is 0 Å². The van der Waals surface area contributed by atoms with Crippen molar-refractivity contribution in [3.63, 3.8) is 0 Å². The van der Waals surface area contributed by atoms with Gasteiger partial charge in [-0.3, -0.25) is 19.8 Å². The van der Waals surface area contributed by atoms with Gasteiger partial charge in [-0.2, -0.15) is 0 Å². The fourth-order valence-electron chi connectivity index (χ4n) is 4.47. The van der Waals surface area contributed by atoms with Crippen molar-refractivity contribution in [3.05, 3.63) is 64.2 Å². The van der Waals surface area contributed by atoms with Crippen LogP contribution in [0.25, 0.3) is 10.8 Å². The van der Waals surface area contributed by atoms with Gasteiger partial charge in [0.1, 0.15) is 0 Å². The highest BCUT2D eigenvalue weighted by Gasteiger charge is 2.20. The zero-order valence-electron chi connectivity index (χ0n) is 20.2. The number of fused-ring (bicyclic) bond motifs is 1. The van der Waals surface area contributed by atoms with E-state index in [1.165, 1.54) is 12.1 Å². The molecule has 0 N–H and O–H groups in total. The van der Waals surface area contributed by atoms with Gasteiger partial charge in [0.25, 0.3) is 5.69 Å². The van der Waals surface area contributed by atoms with Crippen molar-refractivity contribution < 1.29 is 23.9 Å². The minimum atomic E-state index is -0.391. The lowest BCUT2D eigenvalue weighted by molar-refractivity contribution is -0.384. The van der Waals surface area contributed by atoms with Crippen molar-refractivity contribution in [2.24, 2.45) is 0 Å². The molecule has 3 aromatic carbocycles. The topological polar surface area (TPSA) is 94.4 Å². The summed E-state index contributed by atoms with van der Waals surface area (Å²) in [5.41, 5.74) is 1.72. The van der Waals surface area contributed by atoms with Crippen LogP contribution in [0.15, 0.2) is 48.5 Å². The Morgan fingerprint density at radius 2 is 1.60 bits per heavy atom. The number of methoxy groups -OCH3 is 3. The van der Waals surface area contributed by atoms with Crippen molar-refractivity contribution in [1.82, 2.24) is 4.90 Å². The molecule has 0 unspecified atom stereocenters. The molecule has 1 fully saturated rings. The number of ketones is 1. The molecule has 1 heterocycles. The summed E-state index contributed by atoms with van der Waals surface area (Å²) in [7, 11) is 4.71. The molecule has 0 spiro atoms. The second-order valence-electron chi connectivity index (χ2n) is 8.36. The fourth-order valence-corrected chi connectivity index (χ4v) is 4.47. The lowest BCUT2D eigenvalue weighted by Crippen LogP contribution is -2.46. The van der Waals surface area contributed by atoms with Gasteiger partial charge in [-0.15, -0.1) is 0 Å². The maximum atomic E-state index is 13.0. The summed E-state index contributed by atoms with van der Waals surface area (Å²) >= 11 is 0. The number of Topliss-reactive ketones (excluding diaryl/α,β-unsaturated/α-hetero) is 1. The maximum absolute atomic E-state index is 13.0. The highest BCUT2D eigenvalue weighted by Crippen LogP contribution is 2.43. The molecular formula is C26H29N3O6. The Labute approximate surface area is 203 Å². The Hall–Kier alpha value is -3.85. The van der Waals surface area contributed by atoms with Crippen LogP contribution in [0, 0.1) is 10.1 Å². The first-order valence-electron chi connectivity index (χ1n) is 11.4. The lowest BCUT2D eigenvalue weighted by Gasteiger charge is -2.36. The first-order chi connectivity index (χ1) is 16.9. The van der Waals surface area contributed by atoms with Crippen LogP contribution in [0.4, 0.5) is 11.4 Å². The second kappa shape index (κ2) is 10.6. The fraction of sp³-hybridized carbons (Fsp3) is 0.346. The summed E-state index contributed by atoms with van der Waals surface area (Å²) in [6, 6.07) is 14.1. The number of carbonyl (C=O) groups is 1. The third kappa shape index (κ3) is 5.14. The molecule has 0 saturated carbocycles. The first-order valence-corrected chi connectivity index (χ1v) is 11.4. The van der Waals surface area contributed by atoms with Crippen molar-refractivity contribution >= 4 is 27.9 Å². The zero-order valence-corrected chi connectivity index (χ0v) is 20.2. The number of non-ortho nitro benzene ring substituents is 1. The normalized spacial score (nSPS) is 14.1. The third-order valence-corrected chi connectivity index (χ3v) is 6.42. The van der Waals surface area contributed by atoms with E-state index in [0.717, 1.165) is 42.6 Å². The molecule has 0 radical (unpaired) electrons. The molecule has 3 aromatic rings. The minimum absolute atomic E-state index is 0.0819. The minimum Gasteiger partial charge on any atom is -0.493 e. The number of nitro benzene ring substituents is 1. The van der Waals surface area contributed by atoms with E-state index in [9.17, 15) is 14.9 Å². The number of benzene rings is 3. The van der Waals surface area contributed by atoms with Crippen LogP contribution in [0.2, 0.25) is 0 Å². The summed E-state index contributed by atoms with van der Waals surface area (Å²) in [4.78, 5) is 27.9. The van der Waals surface area contributed by atoms with E-state index in [4.69, 9.17) is 14.2 Å². The number of rotatable bonds is 9. The van der Waals surface area contributed by atoms with Crippen LogP contribution in [-0.4, -0.2) is 69.7 Å². The van der Waals surface area contributed by atoms with Crippen molar-refractivity contribution in [2.45, 2.75) is 6.42 Å². The quantitative estimate of drug-likeness (QED) is 0.256. The van der Waals surface area contributed by atoms with Crippen molar-refractivity contribution in [3.8, 4) is 17.2 Å². The Kier molecular flexibility index (Phi) is 7.36. The van der Waals surface area contributed by atoms with E-state index in [2.05, 4.69) is 9.80 Å². The van der Waals surface area contributed by atoms with E-state index in [1.807, 2.05) is 24.3 Å². The van der Waals surface area contributed by atoms with Crippen LogP contribution in [-0.2, 0) is 0 Å². The number of hydrogen-bond acceptors (Lipinski definition) is 8. The van der Waals surface area contributed by atoms with E-state index < -0.39 is 4.92 Å². The molecular weight excluding hydrogens is 450 g/mol. The summed E-state index contributed by atoms with van der Waals surface area (Å²) in [5, 5.41) is 12.6. The Balaban J connectivity index is 1.37. The van der Waals surface area contributed by atoms with Crippen LogP contribution in [0.1, 0.15) is 16.8 Å². The predicted octanol–water partition coefficient (Wildman–Crippen LogP) is 4.17. The highest BCUT2D eigenvalue weighted by atomic mass is 16.6. The molecule has 1 saturated heterocycles. The molecule has 1 aliphatic heterocycles. The van der Waals surface area contributed by atoms with Gasteiger partial charge in [0.05, 0.1) is 26.3 Å². The van der Waals surface area contributed by atoms with Gasteiger partial charge in [0.15, 0.2) is 17.3 Å². The molecule has 0 aliphatic carbocycles. The zero-order chi connectivity index (χ0) is 24.9. The van der Waals surface area contributed by atoms with Gasteiger partial charge in [-0.25, -0.2) is 0 Å². The average molecular weight is 480 g/mol. The number of nitro groups is 1. The molecule has 4 rings (SSSR count). The highest BCUT2D eigenvalue weighted by molar-refractivity contribution is 6.02. The van der Waals surface area contributed by atoms with Crippen LogP contribution < -0.4 is 19.1 Å². The number of hydrogen-bond donors (Lipinski definition) is 0. The van der Waals surface area contributed by atoms with Gasteiger partial charge in [-0.1, -0.05) is 6.07 Å². The van der Waals surface area contributed by atoms with E-state index in [1.54, 1.807) is 33.5 Å². The Bertz CT molecular complexity index is 1220. The number of carbonyl (C=O) groups excluding carboxylic acids is 1. The smallest absolute Gasteiger partial charge is 0.269 e. The predicted molar refractivity (Wildman–Crippen MR) is 134 cm³/mol. The molecule has 0 amide bonds. The number of piperazine rings is 1. The molecule has 184 valence electrons. The Morgan fingerprint density at radius 1 is 0.914 bits per heavy atom. The molecule has 0 bridgehead atoms. The molecule has 0 atom stereocenters. The third-order valence-electron chi connectivity index (χ3n) is 6.42. The van der Waals surface area contributed by atoms with Gasteiger partial charge < -0.3 is 19.1 Å². The first kappa shape index (κ1) is 24.3. The summed E-state index contributed by atoms with van der Waals surface area (Å²) in [5.74, 6) is 1.73. The number of anilines is 1. The maximum Gasteiger partial charge on any atom is 0.269 e. The molecule has 35 heavy (non-hydrogen) atoms. The van der Waals surface area contributed by atoms with E-state index in [-0.39, 0.29) is 11.5 Å². The van der Waals surface area contributed by atoms with E-state index in [0.29, 0.717) is 35.8 Å². The average Bonchev–Trinajstić information content (AvgIpc) is 2.90. The monoisotopic (exact) mass is 479 g/mol. The van der Waals surface area contributed by atoms with Crippen LogP contribution in [0.5, 0.6) is 17.2 Å². The number of nitrogens with zero attached hydrogens (tertiary/aromatic N) is 3. The standard InChI is InChI=1S/C26H29N3O6/c1-33-24-17-19-16-18(4-9-22(19)25(34-2)26(24)35-3)23(30)10-11-27-12-14-28(15-13-27)20-5-7-21(8-6-20)29(31)32/h4-9,16-17H,10-15H2,1-3H3. The Morgan fingerprint density at radius 3 is 2.20 bits per heavy atom. The summed E-state index contributed by atoms with van der Waals surface area (Å²) in [6.07, 6.45) is 0.424. The lowest BCUT2D eigenvalue weighted by atomic mass is 10.0. The van der Waals surface area contributed by atoms with Gasteiger partial charge in [-0.05, 0) is 35.7 Å². The molecule has 0 aromatic heterocycles. The van der Waals surface area contributed by atoms with Crippen LogP contribution in [0.3, 0.4) is 0 Å². The van der Waals surface area contributed by atoms with Crippen LogP contribution >= 0.6 is 0 Å². The molecule has 9 heteroatoms. The number of ether oxygens (including phenoxy) is 3. The second-order valence-corrected chi connectivity index (χ2v) is 8.36. The largest absolute Gasteiger partial charge is 0.493 e. The van der Waals surface area contributed by atoms with Crippen molar-refractivity contribution in [1.29, 1.82) is 0 Å². The van der Waals surface area contributed by atoms with Gasteiger partial charge >= 0.3 is 0 Å². The summed E-state index contributed by atoms with van der Waals surface area (Å²) in [6.45, 7) is 3.96. The summed E-state index contributed by atoms with van der Waals surface area (Å²) < 4.78 is 16.4. The molecule has 9 nitrogen and oxygen atoms in total. The van der Waals surface area contributed by atoms with Crippen molar-refractivity contribution in [2.75, 3.05) is 59.0 Å². The van der Waals surface area contributed by atoms with Gasteiger partial charge in [0, 0.05) is 67.9 Å². The SMILES string of the molecule is COc1cc2cc(C(=O)CCN3CCN(c4ccc([N+](=O)[O-])cc4)CC3)ccc2c(OC)c1OC. The van der Waals surface area contributed by atoms with Gasteiger partial charge in [0.2, 0.25) is 5.75 Å². The molecule has 1 aliphatic rings.